The second-order valence-corrected chi connectivity index (χ2v) is 5.37. The van der Waals surface area contributed by atoms with E-state index in [4.69, 9.17) is 0 Å². The Balaban J connectivity index is 2.05. The van der Waals surface area contributed by atoms with Crippen LogP contribution < -0.4 is 5.32 Å². The molecule has 1 atom stereocenters. The number of carbonyl (C=O) groups is 1. The fourth-order valence-corrected chi connectivity index (χ4v) is 2.61. The zero-order chi connectivity index (χ0) is 14.0. The van der Waals surface area contributed by atoms with Gasteiger partial charge in [-0.25, -0.2) is 0 Å². The first-order valence-electron chi connectivity index (χ1n) is 6.79. The molecule has 0 spiro atoms. The fraction of sp³-hybridized carbons (Fsp3) is 0.533. The SMILES string of the molecule is CC[C@H](NC(=O)c1cc(O)ccc1C)C1CC(O)C1. The van der Waals surface area contributed by atoms with E-state index in [0.29, 0.717) is 11.5 Å². The normalized spacial score (nSPS) is 23.5. The molecule has 1 fully saturated rings. The van der Waals surface area contributed by atoms with Gasteiger partial charge in [-0.05, 0) is 49.8 Å². The molecule has 1 aromatic rings. The molecule has 0 aliphatic heterocycles. The predicted molar refractivity (Wildman–Crippen MR) is 73.1 cm³/mol. The van der Waals surface area contributed by atoms with Crippen molar-refractivity contribution in [2.75, 3.05) is 0 Å². The molecule has 0 radical (unpaired) electrons. The molecule has 0 unspecified atom stereocenters. The summed E-state index contributed by atoms with van der Waals surface area (Å²) in [5, 5.41) is 21.8. The maximum Gasteiger partial charge on any atom is 0.251 e. The maximum absolute atomic E-state index is 12.2. The molecule has 4 heteroatoms. The second kappa shape index (κ2) is 5.61. The molecule has 2 rings (SSSR count). The fourth-order valence-electron chi connectivity index (χ4n) is 2.61. The Morgan fingerprint density at radius 2 is 2.16 bits per heavy atom. The van der Waals surface area contributed by atoms with Gasteiger partial charge in [-0.1, -0.05) is 13.0 Å². The van der Waals surface area contributed by atoms with Crippen LogP contribution >= 0.6 is 0 Å². The molecule has 19 heavy (non-hydrogen) atoms. The van der Waals surface area contributed by atoms with Gasteiger partial charge in [0.1, 0.15) is 5.75 Å². The van der Waals surface area contributed by atoms with E-state index in [1.165, 1.54) is 6.07 Å². The summed E-state index contributed by atoms with van der Waals surface area (Å²) in [7, 11) is 0. The third-order valence-corrected chi connectivity index (χ3v) is 3.94. The minimum Gasteiger partial charge on any atom is -0.508 e. The van der Waals surface area contributed by atoms with Crippen molar-refractivity contribution in [1.29, 1.82) is 0 Å². The van der Waals surface area contributed by atoms with Crippen LogP contribution in [0.15, 0.2) is 18.2 Å². The second-order valence-electron chi connectivity index (χ2n) is 5.37. The quantitative estimate of drug-likeness (QED) is 0.778. The van der Waals surface area contributed by atoms with Crippen molar-refractivity contribution in [3.8, 4) is 5.75 Å². The molecular formula is C15H21NO3. The summed E-state index contributed by atoms with van der Waals surface area (Å²) < 4.78 is 0. The molecule has 0 saturated heterocycles. The zero-order valence-corrected chi connectivity index (χ0v) is 11.4. The van der Waals surface area contributed by atoms with Crippen LogP contribution in [0.2, 0.25) is 0 Å². The molecule has 0 heterocycles. The Labute approximate surface area is 113 Å². The number of rotatable bonds is 4. The van der Waals surface area contributed by atoms with Gasteiger partial charge in [0.2, 0.25) is 0 Å². The van der Waals surface area contributed by atoms with E-state index in [0.717, 1.165) is 24.8 Å². The van der Waals surface area contributed by atoms with Crippen LogP contribution in [-0.4, -0.2) is 28.3 Å². The van der Waals surface area contributed by atoms with Gasteiger partial charge in [0.25, 0.3) is 5.91 Å². The molecule has 0 bridgehead atoms. The summed E-state index contributed by atoms with van der Waals surface area (Å²) in [5.41, 5.74) is 1.36. The number of phenols is 1. The molecule has 1 aliphatic carbocycles. The van der Waals surface area contributed by atoms with Crippen LogP contribution in [0.5, 0.6) is 5.75 Å². The molecule has 1 aromatic carbocycles. The first kappa shape index (κ1) is 13.9. The maximum atomic E-state index is 12.2. The van der Waals surface area contributed by atoms with Gasteiger partial charge < -0.3 is 15.5 Å². The number of hydrogen-bond acceptors (Lipinski definition) is 3. The first-order valence-corrected chi connectivity index (χ1v) is 6.79. The number of aliphatic hydroxyl groups is 1. The molecule has 1 saturated carbocycles. The van der Waals surface area contributed by atoms with Crippen LogP contribution in [0.25, 0.3) is 0 Å². The van der Waals surface area contributed by atoms with Gasteiger partial charge in [0.05, 0.1) is 6.10 Å². The summed E-state index contributed by atoms with van der Waals surface area (Å²) in [6.45, 7) is 3.88. The third-order valence-electron chi connectivity index (χ3n) is 3.94. The monoisotopic (exact) mass is 263 g/mol. The molecule has 1 aliphatic rings. The lowest BCUT2D eigenvalue weighted by Gasteiger charge is -2.37. The van der Waals surface area contributed by atoms with Crippen molar-refractivity contribution < 1.29 is 15.0 Å². The van der Waals surface area contributed by atoms with Gasteiger partial charge in [-0.15, -0.1) is 0 Å². The number of aliphatic hydroxyl groups excluding tert-OH is 1. The average molecular weight is 263 g/mol. The van der Waals surface area contributed by atoms with Crippen LogP contribution in [0.3, 0.4) is 0 Å². The number of aromatic hydroxyl groups is 1. The average Bonchev–Trinajstić information content (AvgIpc) is 2.35. The Kier molecular flexibility index (Phi) is 4.10. The van der Waals surface area contributed by atoms with Crippen molar-refractivity contribution >= 4 is 5.91 Å². The lowest BCUT2D eigenvalue weighted by atomic mass is 9.76. The minimum atomic E-state index is -0.210. The van der Waals surface area contributed by atoms with E-state index in [-0.39, 0.29) is 23.8 Å². The number of benzene rings is 1. The van der Waals surface area contributed by atoms with E-state index in [9.17, 15) is 15.0 Å². The minimum absolute atomic E-state index is 0.0950. The van der Waals surface area contributed by atoms with E-state index in [2.05, 4.69) is 5.32 Å². The molecular weight excluding hydrogens is 242 g/mol. The van der Waals surface area contributed by atoms with Crippen molar-refractivity contribution in [3.63, 3.8) is 0 Å². The Morgan fingerprint density at radius 1 is 1.47 bits per heavy atom. The van der Waals surface area contributed by atoms with E-state index < -0.39 is 0 Å². The van der Waals surface area contributed by atoms with E-state index in [1.54, 1.807) is 12.1 Å². The summed E-state index contributed by atoms with van der Waals surface area (Å²) in [4.78, 5) is 12.2. The molecule has 104 valence electrons. The Hall–Kier alpha value is -1.55. The predicted octanol–water partition coefficient (Wildman–Crippen LogP) is 1.98. The first-order chi connectivity index (χ1) is 9.01. The highest BCUT2D eigenvalue weighted by molar-refractivity contribution is 5.96. The van der Waals surface area contributed by atoms with E-state index >= 15 is 0 Å². The van der Waals surface area contributed by atoms with Crippen molar-refractivity contribution in [1.82, 2.24) is 5.32 Å². The number of nitrogens with one attached hydrogen (secondary N) is 1. The number of aryl methyl sites for hydroxylation is 1. The van der Waals surface area contributed by atoms with Crippen LogP contribution in [0.4, 0.5) is 0 Å². The summed E-state index contributed by atoms with van der Waals surface area (Å²) in [5.74, 6) is 0.311. The standard InChI is InChI=1S/C15H21NO3/c1-3-14(10-6-12(18)7-10)16-15(19)13-8-11(17)5-4-9(13)2/h4-5,8,10,12,14,17-18H,3,6-7H2,1-2H3,(H,16,19)/t10?,12?,14-/m0/s1. The zero-order valence-electron chi connectivity index (χ0n) is 11.4. The van der Waals surface area contributed by atoms with Crippen molar-refractivity contribution in [3.05, 3.63) is 29.3 Å². The number of amides is 1. The third kappa shape index (κ3) is 3.07. The lowest BCUT2D eigenvalue weighted by molar-refractivity contribution is 0.0232. The summed E-state index contributed by atoms with van der Waals surface area (Å²) >= 11 is 0. The molecule has 4 nitrogen and oxygen atoms in total. The van der Waals surface area contributed by atoms with Gasteiger partial charge in [0.15, 0.2) is 0 Å². The Bertz CT molecular complexity index is 466. The van der Waals surface area contributed by atoms with Crippen LogP contribution in [0.1, 0.15) is 42.1 Å². The smallest absolute Gasteiger partial charge is 0.251 e. The Morgan fingerprint density at radius 3 is 2.74 bits per heavy atom. The number of carbonyl (C=O) groups excluding carboxylic acids is 1. The number of phenolic OH excluding ortho intramolecular Hbond substituents is 1. The van der Waals surface area contributed by atoms with Crippen molar-refractivity contribution in [2.24, 2.45) is 5.92 Å². The van der Waals surface area contributed by atoms with Gasteiger partial charge in [0, 0.05) is 11.6 Å². The van der Waals surface area contributed by atoms with Gasteiger partial charge >= 0.3 is 0 Å². The van der Waals surface area contributed by atoms with Crippen molar-refractivity contribution in [2.45, 2.75) is 45.3 Å². The van der Waals surface area contributed by atoms with Gasteiger partial charge in [-0.3, -0.25) is 4.79 Å². The highest BCUT2D eigenvalue weighted by atomic mass is 16.3. The van der Waals surface area contributed by atoms with Crippen LogP contribution in [-0.2, 0) is 0 Å². The lowest BCUT2D eigenvalue weighted by Crippen LogP contribution is -2.46. The largest absolute Gasteiger partial charge is 0.508 e. The summed E-state index contributed by atoms with van der Waals surface area (Å²) in [6.07, 6.45) is 2.16. The van der Waals surface area contributed by atoms with E-state index in [1.807, 2.05) is 13.8 Å². The number of hydrogen-bond donors (Lipinski definition) is 3. The van der Waals surface area contributed by atoms with Crippen LogP contribution in [0, 0.1) is 12.8 Å². The topological polar surface area (TPSA) is 69.6 Å². The molecule has 3 N–H and O–H groups in total. The molecule has 0 aromatic heterocycles. The highest BCUT2D eigenvalue weighted by Crippen LogP contribution is 2.31. The molecule has 1 amide bonds. The van der Waals surface area contributed by atoms with Gasteiger partial charge in [-0.2, -0.15) is 0 Å². The highest BCUT2D eigenvalue weighted by Gasteiger charge is 2.33. The summed E-state index contributed by atoms with van der Waals surface area (Å²) in [6, 6.07) is 4.90.